The SMILES string of the molecule is CN(Cc1ccccc1)C(=O)[C@H](Cc1c[nH]c2ccccc12)NC(=O)N1CCC(Cc2ccccc2)CC1. The van der Waals surface area contributed by atoms with Gasteiger partial charge in [0.15, 0.2) is 0 Å². The Balaban J connectivity index is 1.26. The number of urea groups is 1. The highest BCUT2D eigenvalue weighted by Gasteiger charge is 2.29. The van der Waals surface area contributed by atoms with E-state index >= 15 is 0 Å². The lowest BCUT2D eigenvalue weighted by Gasteiger charge is -2.34. The molecule has 1 aromatic heterocycles. The molecule has 3 amide bonds. The number of piperidine rings is 1. The molecule has 2 heterocycles. The molecule has 1 aliphatic heterocycles. The minimum atomic E-state index is -0.655. The van der Waals surface area contributed by atoms with Crippen LogP contribution in [0.15, 0.2) is 91.1 Å². The number of rotatable bonds is 8. The highest BCUT2D eigenvalue weighted by atomic mass is 16.2. The molecule has 4 aromatic rings. The second-order valence-corrected chi connectivity index (χ2v) is 10.4. The van der Waals surface area contributed by atoms with Crippen molar-refractivity contribution < 1.29 is 9.59 Å². The van der Waals surface area contributed by atoms with Gasteiger partial charge in [0.05, 0.1) is 0 Å². The second kappa shape index (κ2) is 12.0. The van der Waals surface area contributed by atoms with Crippen LogP contribution in [0.3, 0.4) is 0 Å². The first kappa shape index (κ1) is 25.6. The number of hydrogen-bond donors (Lipinski definition) is 2. The number of hydrogen-bond acceptors (Lipinski definition) is 2. The van der Waals surface area contributed by atoms with Crippen LogP contribution in [0.2, 0.25) is 0 Å². The monoisotopic (exact) mass is 508 g/mol. The molecule has 196 valence electrons. The van der Waals surface area contributed by atoms with Gasteiger partial charge in [-0.2, -0.15) is 0 Å². The number of likely N-dealkylation sites (N-methyl/N-ethyl adjacent to an activating group) is 1. The predicted octanol–water partition coefficient (Wildman–Crippen LogP) is 5.40. The summed E-state index contributed by atoms with van der Waals surface area (Å²) in [5.41, 5.74) is 4.45. The molecule has 1 aliphatic rings. The van der Waals surface area contributed by atoms with Crippen LogP contribution >= 0.6 is 0 Å². The Bertz CT molecular complexity index is 1340. The fraction of sp³-hybridized carbons (Fsp3) is 0.312. The van der Waals surface area contributed by atoms with Gasteiger partial charge in [0, 0.05) is 50.2 Å². The van der Waals surface area contributed by atoms with Crippen molar-refractivity contribution in [3.8, 4) is 0 Å². The van der Waals surface area contributed by atoms with Gasteiger partial charge < -0.3 is 20.1 Å². The number of likely N-dealkylation sites (tertiary alicyclic amines) is 1. The number of carbonyl (C=O) groups excluding carboxylic acids is 2. The molecule has 1 saturated heterocycles. The first-order valence-electron chi connectivity index (χ1n) is 13.5. The molecule has 3 aromatic carbocycles. The average molecular weight is 509 g/mol. The fourth-order valence-electron chi connectivity index (χ4n) is 5.45. The van der Waals surface area contributed by atoms with Gasteiger partial charge in [-0.15, -0.1) is 0 Å². The van der Waals surface area contributed by atoms with E-state index in [2.05, 4.69) is 40.6 Å². The molecular weight excluding hydrogens is 472 g/mol. The first-order valence-corrected chi connectivity index (χ1v) is 13.5. The van der Waals surface area contributed by atoms with Gasteiger partial charge >= 0.3 is 6.03 Å². The van der Waals surface area contributed by atoms with Crippen molar-refractivity contribution in [3.05, 3.63) is 108 Å². The molecule has 5 rings (SSSR count). The summed E-state index contributed by atoms with van der Waals surface area (Å²) in [6.07, 6.45) is 5.36. The summed E-state index contributed by atoms with van der Waals surface area (Å²) in [5.74, 6) is 0.480. The van der Waals surface area contributed by atoms with Crippen molar-refractivity contribution in [1.29, 1.82) is 0 Å². The molecular formula is C32H36N4O2. The number of carbonyl (C=O) groups is 2. The molecule has 1 atom stereocenters. The molecule has 0 bridgehead atoms. The van der Waals surface area contributed by atoms with Crippen LogP contribution in [0, 0.1) is 5.92 Å². The Kier molecular flexibility index (Phi) is 8.07. The number of nitrogens with one attached hydrogen (secondary N) is 2. The lowest BCUT2D eigenvalue weighted by Crippen LogP contribution is -2.53. The summed E-state index contributed by atoms with van der Waals surface area (Å²) in [5, 5.41) is 4.18. The van der Waals surface area contributed by atoms with Crippen molar-refractivity contribution in [2.24, 2.45) is 5.92 Å². The van der Waals surface area contributed by atoms with Crippen molar-refractivity contribution in [3.63, 3.8) is 0 Å². The van der Waals surface area contributed by atoms with Gasteiger partial charge in [0.1, 0.15) is 6.04 Å². The van der Waals surface area contributed by atoms with Crippen molar-refractivity contribution in [2.45, 2.75) is 38.3 Å². The zero-order chi connectivity index (χ0) is 26.3. The van der Waals surface area contributed by atoms with Gasteiger partial charge in [-0.05, 0) is 47.9 Å². The standard InChI is InChI=1S/C32H36N4O2/c1-35(23-26-12-6-3-7-13-26)31(37)30(21-27-22-33-29-15-9-8-14-28(27)29)34-32(38)36-18-16-25(17-19-36)20-24-10-4-2-5-11-24/h2-15,22,25,30,33H,16-21,23H2,1H3,(H,34,38)/t30-/m0/s1. The van der Waals surface area contributed by atoms with E-state index in [9.17, 15) is 9.59 Å². The van der Waals surface area contributed by atoms with Crippen LogP contribution in [0.4, 0.5) is 4.79 Å². The van der Waals surface area contributed by atoms with E-state index in [4.69, 9.17) is 0 Å². The van der Waals surface area contributed by atoms with Crippen LogP contribution < -0.4 is 5.32 Å². The number of aromatic nitrogens is 1. The molecule has 0 unspecified atom stereocenters. The average Bonchev–Trinajstić information content (AvgIpc) is 3.36. The Morgan fingerprint density at radius 3 is 2.26 bits per heavy atom. The molecule has 0 saturated carbocycles. The first-order chi connectivity index (χ1) is 18.6. The quantitative estimate of drug-likeness (QED) is 0.335. The smallest absolute Gasteiger partial charge is 0.318 e. The molecule has 38 heavy (non-hydrogen) atoms. The maximum absolute atomic E-state index is 13.7. The number of fused-ring (bicyclic) bond motifs is 1. The Morgan fingerprint density at radius 2 is 1.55 bits per heavy atom. The Labute approximate surface area is 224 Å². The van der Waals surface area contributed by atoms with Crippen LogP contribution in [0.1, 0.15) is 29.5 Å². The third-order valence-corrected chi connectivity index (χ3v) is 7.60. The van der Waals surface area contributed by atoms with Gasteiger partial charge in [0.2, 0.25) is 5.91 Å². The van der Waals surface area contributed by atoms with E-state index in [0.29, 0.717) is 32.0 Å². The molecule has 0 aliphatic carbocycles. The minimum absolute atomic E-state index is 0.0913. The molecule has 0 radical (unpaired) electrons. The van der Waals surface area contributed by atoms with Gasteiger partial charge in [0.25, 0.3) is 0 Å². The van der Waals surface area contributed by atoms with Crippen LogP contribution in [-0.2, 0) is 24.2 Å². The zero-order valence-corrected chi connectivity index (χ0v) is 22.0. The maximum Gasteiger partial charge on any atom is 0.318 e. The zero-order valence-electron chi connectivity index (χ0n) is 22.0. The summed E-state index contributed by atoms with van der Waals surface area (Å²) in [4.78, 5) is 33.9. The number of nitrogens with zero attached hydrogens (tertiary/aromatic N) is 2. The summed E-state index contributed by atoms with van der Waals surface area (Å²) < 4.78 is 0. The van der Waals surface area contributed by atoms with Gasteiger partial charge in [-0.3, -0.25) is 4.79 Å². The van der Waals surface area contributed by atoms with Crippen LogP contribution in [-0.4, -0.2) is 52.9 Å². The normalized spacial score (nSPS) is 14.8. The van der Waals surface area contributed by atoms with Crippen LogP contribution in [0.5, 0.6) is 0 Å². The minimum Gasteiger partial charge on any atom is -0.361 e. The second-order valence-electron chi connectivity index (χ2n) is 10.4. The van der Waals surface area contributed by atoms with Crippen LogP contribution in [0.25, 0.3) is 10.9 Å². The van der Waals surface area contributed by atoms with Crippen molar-refractivity contribution in [1.82, 2.24) is 20.1 Å². The van der Waals surface area contributed by atoms with E-state index in [-0.39, 0.29) is 11.9 Å². The Morgan fingerprint density at radius 1 is 0.921 bits per heavy atom. The molecule has 1 fully saturated rings. The summed E-state index contributed by atoms with van der Waals surface area (Å²) in [7, 11) is 1.80. The number of amides is 3. The predicted molar refractivity (Wildman–Crippen MR) is 152 cm³/mol. The van der Waals surface area contributed by atoms with E-state index < -0.39 is 6.04 Å². The lowest BCUT2D eigenvalue weighted by molar-refractivity contribution is -0.132. The van der Waals surface area contributed by atoms with E-state index in [1.807, 2.05) is 65.7 Å². The molecule has 6 nitrogen and oxygen atoms in total. The topological polar surface area (TPSA) is 68.4 Å². The van der Waals surface area contributed by atoms with E-state index in [0.717, 1.165) is 41.3 Å². The summed E-state index contributed by atoms with van der Waals surface area (Å²) in [6, 6.07) is 27.7. The van der Waals surface area contributed by atoms with Gasteiger partial charge in [-0.25, -0.2) is 4.79 Å². The number of aromatic amines is 1. The third kappa shape index (κ3) is 6.25. The maximum atomic E-state index is 13.7. The van der Waals surface area contributed by atoms with E-state index in [1.165, 1.54) is 5.56 Å². The molecule has 0 spiro atoms. The van der Waals surface area contributed by atoms with Crippen molar-refractivity contribution >= 4 is 22.8 Å². The number of H-pyrrole nitrogens is 1. The Hall–Kier alpha value is -4.06. The number of benzene rings is 3. The largest absolute Gasteiger partial charge is 0.361 e. The summed E-state index contributed by atoms with van der Waals surface area (Å²) >= 11 is 0. The highest BCUT2D eigenvalue weighted by molar-refractivity contribution is 5.89. The summed E-state index contributed by atoms with van der Waals surface area (Å²) in [6.45, 7) is 1.90. The third-order valence-electron chi connectivity index (χ3n) is 7.60. The lowest BCUT2D eigenvalue weighted by atomic mass is 9.90. The fourth-order valence-corrected chi connectivity index (χ4v) is 5.45. The van der Waals surface area contributed by atoms with Gasteiger partial charge in [-0.1, -0.05) is 78.9 Å². The number of para-hydroxylation sites is 1. The molecule has 2 N–H and O–H groups in total. The van der Waals surface area contributed by atoms with Crippen molar-refractivity contribution in [2.75, 3.05) is 20.1 Å². The van der Waals surface area contributed by atoms with E-state index in [1.54, 1.807) is 11.9 Å². The highest BCUT2D eigenvalue weighted by Crippen LogP contribution is 2.23. The molecule has 6 heteroatoms.